The molecular formula is C14H22N2O. The number of likely N-dealkylation sites (N-methyl/N-ethyl adjacent to an activating group) is 1. The summed E-state index contributed by atoms with van der Waals surface area (Å²) in [5.74, 6) is 0. The molecular weight excluding hydrogens is 212 g/mol. The van der Waals surface area contributed by atoms with Crippen LogP contribution in [0, 0.1) is 6.92 Å². The molecule has 0 saturated carbocycles. The maximum Gasteiger partial charge on any atom is 0.0446 e. The Hall–Kier alpha value is -1.06. The van der Waals surface area contributed by atoms with Crippen LogP contribution in [0.5, 0.6) is 0 Å². The van der Waals surface area contributed by atoms with Crippen LogP contribution in [0.1, 0.15) is 12.0 Å². The maximum absolute atomic E-state index is 9.10. The predicted molar refractivity (Wildman–Crippen MR) is 71.5 cm³/mol. The Labute approximate surface area is 104 Å². The van der Waals surface area contributed by atoms with E-state index in [1.54, 1.807) is 0 Å². The summed E-state index contributed by atoms with van der Waals surface area (Å²) in [5.41, 5.74) is 2.67. The van der Waals surface area contributed by atoms with Crippen molar-refractivity contribution in [3.05, 3.63) is 29.8 Å². The lowest BCUT2D eigenvalue weighted by atomic mass is 10.1. The van der Waals surface area contributed by atoms with Crippen LogP contribution in [-0.4, -0.2) is 49.3 Å². The molecule has 3 heteroatoms. The normalized spacial score (nSPS) is 21.8. The van der Waals surface area contributed by atoms with Gasteiger partial charge in [0.05, 0.1) is 0 Å². The molecule has 3 nitrogen and oxygen atoms in total. The van der Waals surface area contributed by atoms with Gasteiger partial charge in [-0.25, -0.2) is 0 Å². The van der Waals surface area contributed by atoms with Gasteiger partial charge in [0, 0.05) is 38.0 Å². The van der Waals surface area contributed by atoms with Crippen LogP contribution in [0.25, 0.3) is 0 Å². The average molecular weight is 234 g/mol. The fourth-order valence-electron chi connectivity index (χ4n) is 2.54. The van der Waals surface area contributed by atoms with E-state index < -0.39 is 0 Å². The van der Waals surface area contributed by atoms with Crippen LogP contribution >= 0.6 is 0 Å². The summed E-state index contributed by atoms with van der Waals surface area (Å²) >= 11 is 0. The van der Waals surface area contributed by atoms with Crippen LogP contribution in [0.15, 0.2) is 24.3 Å². The summed E-state index contributed by atoms with van der Waals surface area (Å²) in [5, 5.41) is 9.10. The zero-order chi connectivity index (χ0) is 12.3. The molecule has 1 unspecified atom stereocenters. The third-order valence-corrected chi connectivity index (χ3v) is 3.70. The summed E-state index contributed by atoms with van der Waals surface area (Å²) in [7, 11) is 2.15. The van der Waals surface area contributed by atoms with E-state index in [9.17, 15) is 0 Å². The zero-order valence-corrected chi connectivity index (χ0v) is 10.8. The molecule has 1 N–H and O–H groups in total. The van der Waals surface area contributed by atoms with E-state index in [2.05, 4.69) is 48.0 Å². The molecule has 0 radical (unpaired) electrons. The Balaban J connectivity index is 2.10. The van der Waals surface area contributed by atoms with Gasteiger partial charge in [0.15, 0.2) is 0 Å². The second-order valence-corrected chi connectivity index (χ2v) is 4.88. The summed E-state index contributed by atoms with van der Waals surface area (Å²) in [6.45, 7) is 5.59. The minimum Gasteiger partial charge on any atom is -0.396 e. The van der Waals surface area contributed by atoms with Crippen molar-refractivity contribution in [3.8, 4) is 0 Å². The van der Waals surface area contributed by atoms with Crippen LogP contribution in [0.4, 0.5) is 5.69 Å². The van der Waals surface area contributed by atoms with Gasteiger partial charge in [-0.1, -0.05) is 18.2 Å². The van der Waals surface area contributed by atoms with Crippen molar-refractivity contribution in [2.45, 2.75) is 19.4 Å². The largest absolute Gasteiger partial charge is 0.396 e. The molecule has 1 heterocycles. The minimum atomic E-state index is 0.274. The number of aliphatic hydroxyl groups excluding tert-OH is 1. The Morgan fingerprint density at radius 3 is 2.76 bits per heavy atom. The average Bonchev–Trinajstić information content (AvgIpc) is 2.33. The first kappa shape index (κ1) is 12.4. The van der Waals surface area contributed by atoms with Crippen molar-refractivity contribution in [3.63, 3.8) is 0 Å². The number of para-hydroxylation sites is 1. The monoisotopic (exact) mass is 234 g/mol. The molecule has 0 spiro atoms. The molecule has 0 bridgehead atoms. The quantitative estimate of drug-likeness (QED) is 0.858. The van der Waals surface area contributed by atoms with E-state index in [1.165, 1.54) is 11.3 Å². The molecule has 17 heavy (non-hydrogen) atoms. The highest BCUT2D eigenvalue weighted by Gasteiger charge is 2.24. The molecule has 1 saturated heterocycles. The first-order valence-corrected chi connectivity index (χ1v) is 6.34. The van der Waals surface area contributed by atoms with Crippen molar-refractivity contribution in [1.29, 1.82) is 0 Å². The summed E-state index contributed by atoms with van der Waals surface area (Å²) in [4.78, 5) is 4.79. The number of benzene rings is 1. The number of piperazine rings is 1. The van der Waals surface area contributed by atoms with Crippen LogP contribution in [0.3, 0.4) is 0 Å². The topological polar surface area (TPSA) is 26.7 Å². The lowest BCUT2D eigenvalue weighted by Gasteiger charge is -2.41. The number of anilines is 1. The Morgan fingerprint density at radius 2 is 2.06 bits per heavy atom. The van der Waals surface area contributed by atoms with E-state index in [4.69, 9.17) is 5.11 Å². The molecule has 1 aromatic carbocycles. The summed E-state index contributed by atoms with van der Waals surface area (Å²) in [6, 6.07) is 9.00. The molecule has 2 rings (SSSR count). The smallest absolute Gasteiger partial charge is 0.0446 e. The van der Waals surface area contributed by atoms with Gasteiger partial charge in [-0.2, -0.15) is 0 Å². The molecule has 1 aliphatic heterocycles. The lowest BCUT2D eigenvalue weighted by molar-refractivity contribution is 0.171. The van der Waals surface area contributed by atoms with Gasteiger partial charge in [-0.05, 0) is 32.0 Å². The fourth-order valence-corrected chi connectivity index (χ4v) is 2.54. The lowest BCUT2D eigenvalue weighted by Crippen LogP contribution is -2.52. The van der Waals surface area contributed by atoms with Crippen LogP contribution in [-0.2, 0) is 0 Å². The van der Waals surface area contributed by atoms with E-state index in [0.29, 0.717) is 6.04 Å². The molecule has 94 valence electrons. The first-order valence-electron chi connectivity index (χ1n) is 6.34. The van der Waals surface area contributed by atoms with Gasteiger partial charge in [0.1, 0.15) is 0 Å². The second kappa shape index (κ2) is 5.52. The van der Waals surface area contributed by atoms with Gasteiger partial charge < -0.3 is 10.0 Å². The molecule has 1 fully saturated rings. The Kier molecular flexibility index (Phi) is 4.02. The summed E-state index contributed by atoms with van der Waals surface area (Å²) < 4.78 is 0. The Bertz CT molecular complexity index is 367. The number of rotatable bonds is 3. The first-order chi connectivity index (χ1) is 8.22. The standard InChI is InChI=1S/C14H22N2O/c1-12-5-3-4-6-14(12)16-9-8-15(2)13(11-16)7-10-17/h3-6,13,17H,7-11H2,1-2H3. The van der Waals surface area contributed by atoms with Crippen molar-refractivity contribution >= 4 is 5.69 Å². The van der Waals surface area contributed by atoms with Gasteiger partial charge >= 0.3 is 0 Å². The number of aliphatic hydroxyl groups is 1. The minimum absolute atomic E-state index is 0.274. The van der Waals surface area contributed by atoms with Gasteiger partial charge in [0.2, 0.25) is 0 Å². The molecule has 0 amide bonds. The zero-order valence-electron chi connectivity index (χ0n) is 10.8. The molecule has 1 aromatic rings. The number of hydrogen-bond donors (Lipinski definition) is 1. The molecule has 1 aliphatic rings. The van der Waals surface area contributed by atoms with E-state index in [0.717, 1.165) is 26.1 Å². The maximum atomic E-state index is 9.10. The third-order valence-electron chi connectivity index (χ3n) is 3.70. The second-order valence-electron chi connectivity index (χ2n) is 4.88. The molecule has 1 atom stereocenters. The van der Waals surface area contributed by atoms with Crippen molar-refractivity contribution in [1.82, 2.24) is 4.90 Å². The highest BCUT2D eigenvalue weighted by atomic mass is 16.3. The van der Waals surface area contributed by atoms with Crippen molar-refractivity contribution < 1.29 is 5.11 Å². The number of nitrogens with zero attached hydrogens (tertiary/aromatic N) is 2. The Morgan fingerprint density at radius 1 is 1.29 bits per heavy atom. The SMILES string of the molecule is Cc1ccccc1N1CCN(C)C(CCO)C1. The molecule has 0 aliphatic carbocycles. The van der Waals surface area contributed by atoms with Gasteiger partial charge in [-0.3, -0.25) is 4.90 Å². The van der Waals surface area contributed by atoms with Gasteiger partial charge in [-0.15, -0.1) is 0 Å². The number of hydrogen-bond acceptors (Lipinski definition) is 3. The van der Waals surface area contributed by atoms with E-state index >= 15 is 0 Å². The van der Waals surface area contributed by atoms with E-state index in [-0.39, 0.29) is 6.61 Å². The van der Waals surface area contributed by atoms with Crippen molar-refractivity contribution in [2.24, 2.45) is 0 Å². The molecule has 0 aromatic heterocycles. The van der Waals surface area contributed by atoms with Crippen molar-refractivity contribution in [2.75, 3.05) is 38.2 Å². The van der Waals surface area contributed by atoms with E-state index in [1.807, 2.05) is 0 Å². The fraction of sp³-hybridized carbons (Fsp3) is 0.571. The summed E-state index contributed by atoms with van der Waals surface area (Å²) in [6.07, 6.45) is 0.860. The van der Waals surface area contributed by atoms with Gasteiger partial charge in [0.25, 0.3) is 0 Å². The van der Waals surface area contributed by atoms with Crippen LogP contribution in [0.2, 0.25) is 0 Å². The third kappa shape index (κ3) is 2.79. The van der Waals surface area contributed by atoms with Crippen LogP contribution < -0.4 is 4.90 Å². The highest BCUT2D eigenvalue weighted by Crippen LogP contribution is 2.23. The highest BCUT2D eigenvalue weighted by molar-refractivity contribution is 5.53. The number of aryl methyl sites for hydroxylation is 1. The predicted octanol–water partition coefficient (Wildman–Crippen LogP) is 1.50.